The second-order valence-electron chi connectivity index (χ2n) is 7.25. The Kier molecular flexibility index (Phi) is 9.03. The Morgan fingerprint density at radius 2 is 1.69 bits per heavy atom. The smallest absolute Gasteiger partial charge is 0.257 e. The lowest BCUT2D eigenvalue weighted by Crippen LogP contribution is -2.12. The van der Waals surface area contributed by atoms with Gasteiger partial charge in [0, 0.05) is 22.9 Å². The van der Waals surface area contributed by atoms with E-state index in [1.165, 1.54) is 23.5 Å². The minimum absolute atomic E-state index is 0.146. The maximum Gasteiger partial charge on any atom is 0.257 e. The Hall–Kier alpha value is -3.65. The standard InChI is InChI=1S/C25H19F3N2O2S.C2H6/c1-32-21-4-2-3-16(7-10-21)23-22(11-15-5-8-18(26)9-6-15)33-25(29-23)30-24(31)17-12-19(27)14-20(28)13-17;1-2/h3-10,12-14H,2,11H2,1H3,(H,29,30,31);1-2H3. The minimum atomic E-state index is -0.841. The Labute approximate surface area is 206 Å². The largest absolute Gasteiger partial charge is 0.497 e. The number of methoxy groups -OCH3 is 1. The number of allylic oxidation sites excluding steroid dienone is 5. The number of nitrogens with one attached hydrogen (secondary N) is 1. The van der Waals surface area contributed by atoms with E-state index < -0.39 is 17.5 Å². The summed E-state index contributed by atoms with van der Waals surface area (Å²) in [5.41, 5.74) is 2.23. The predicted molar refractivity (Wildman–Crippen MR) is 134 cm³/mol. The maximum atomic E-state index is 13.5. The van der Waals surface area contributed by atoms with E-state index in [4.69, 9.17) is 4.74 Å². The van der Waals surface area contributed by atoms with Crippen LogP contribution in [0.15, 0.2) is 72.5 Å². The summed E-state index contributed by atoms with van der Waals surface area (Å²) >= 11 is 1.25. The van der Waals surface area contributed by atoms with Crippen molar-refractivity contribution in [3.8, 4) is 0 Å². The first-order valence-electron chi connectivity index (χ1n) is 11.1. The number of benzene rings is 2. The number of hydrogen-bond acceptors (Lipinski definition) is 4. The van der Waals surface area contributed by atoms with Crippen molar-refractivity contribution >= 4 is 27.9 Å². The molecule has 0 spiro atoms. The van der Waals surface area contributed by atoms with Crippen molar-refractivity contribution < 1.29 is 22.7 Å². The van der Waals surface area contributed by atoms with Crippen molar-refractivity contribution in [2.24, 2.45) is 0 Å². The molecule has 8 heteroatoms. The highest BCUT2D eigenvalue weighted by Crippen LogP contribution is 2.32. The van der Waals surface area contributed by atoms with Crippen LogP contribution in [0.5, 0.6) is 0 Å². The molecule has 1 aliphatic rings. The molecule has 1 N–H and O–H groups in total. The van der Waals surface area contributed by atoms with Gasteiger partial charge in [0.1, 0.15) is 23.2 Å². The lowest BCUT2D eigenvalue weighted by Gasteiger charge is -2.04. The Morgan fingerprint density at radius 3 is 2.34 bits per heavy atom. The van der Waals surface area contributed by atoms with Gasteiger partial charge in [0.15, 0.2) is 5.13 Å². The van der Waals surface area contributed by atoms with Crippen LogP contribution in [0.25, 0.3) is 5.57 Å². The molecule has 4 nitrogen and oxygen atoms in total. The van der Waals surface area contributed by atoms with Crippen LogP contribution >= 0.6 is 11.3 Å². The first kappa shape index (κ1) is 26.0. The van der Waals surface area contributed by atoms with Crippen LogP contribution in [-0.4, -0.2) is 18.0 Å². The first-order valence-corrected chi connectivity index (χ1v) is 11.9. The molecule has 0 unspecified atom stereocenters. The summed E-state index contributed by atoms with van der Waals surface area (Å²) in [5.74, 6) is -1.96. The fraction of sp³-hybridized carbons (Fsp3) is 0.185. The highest BCUT2D eigenvalue weighted by Gasteiger charge is 2.18. The number of halogens is 3. The highest BCUT2D eigenvalue weighted by atomic mass is 32.1. The van der Waals surface area contributed by atoms with E-state index in [9.17, 15) is 18.0 Å². The van der Waals surface area contributed by atoms with Gasteiger partial charge in [-0.05, 0) is 60.1 Å². The molecular formula is C27H25F3N2O2S. The number of carbonyl (C=O) groups excluding carboxylic acids is 1. The number of aromatic nitrogens is 1. The van der Waals surface area contributed by atoms with Crippen LogP contribution in [0, 0.1) is 17.5 Å². The van der Waals surface area contributed by atoms with Crippen LogP contribution in [0.3, 0.4) is 0 Å². The van der Waals surface area contributed by atoms with Gasteiger partial charge in [-0.1, -0.05) is 32.1 Å². The molecule has 1 amide bonds. The molecule has 0 atom stereocenters. The molecule has 0 radical (unpaired) electrons. The van der Waals surface area contributed by atoms with Crippen molar-refractivity contribution in [2.45, 2.75) is 26.7 Å². The van der Waals surface area contributed by atoms with Gasteiger partial charge in [0.05, 0.1) is 12.8 Å². The number of ether oxygens (including phenoxy) is 1. The Bertz CT molecular complexity index is 1260. The number of thiazole rings is 1. The van der Waals surface area contributed by atoms with Gasteiger partial charge in [-0.15, -0.1) is 11.3 Å². The van der Waals surface area contributed by atoms with E-state index in [0.29, 0.717) is 24.6 Å². The van der Waals surface area contributed by atoms with Crippen LogP contribution in [-0.2, 0) is 11.2 Å². The molecule has 1 aliphatic carbocycles. The molecule has 0 saturated carbocycles. The molecule has 0 fully saturated rings. The second kappa shape index (κ2) is 12.2. The summed E-state index contributed by atoms with van der Waals surface area (Å²) in [6, 6.07) is 8.77. The van der Waals surface area contributed by atoms with Crippen molar-refractivity contribution in [3.05, 3.63) is 112 Å². The molecular weight excluding hydrogens is 473 g/mol. The summed E-state index contributed by atoms with van der Waals surface area (Å²) in [4.78, 5) is 18.0. The third kappa shape index (κ3) is 6.93. The summed E-state index contributed by atoms with van der Waals surface area (Å²) in [7, 11) is 1.59. The molecule has 35 heavy (non-hydrogen) atoms. The molecule has 1 aromatic heterocycles. The second-order valence-corrected chi connectivity index (χ2v) is 8.33. The van der Waals surface area contributed by atoms with E-state index in [2.05, 4.69) is 10.3 Å². The molecule has 4 rings (SSSR count). The molecule has 0 bridgehead atoms. The molecule has 3 aromatic rings. The Morgan fingerprint density at radius 1 is 1.00 bits per heavy atom. The average molecular weight is 499 g/mol. The number of nitrogens with zero attached hydrogens (tertiary/aromatic N) is 1. The van der Waals surface area contributed by atoms with Crippen molar-refractivity contribution in [1.29, 1.82) is 0 Å². The van der Waals surface area contributed by atoms with Gasteiger partial charge in [0.25, 0.3) is 5.91 Å². The maximum absolute atomic E-state index is 13.5. The minimum Gasteiger partial charge on any atom is -0.497 e. The van der Waals surface area contributed by atoms with E-state index in [1.807, 2.05) is 38.2 Å². The first-order chi connectivity index (χ1) is 16.9. The van der Waals surface area contributed by atoms with E-state index in [-0.39, 0.29) is 16.5 Å². The molecule has 1 heterocycles. The normalized spacial score (nSPS) is 12.6. The molecule has 0 saturated heterocycles. The van der Waals surface area contributed by atoms with E-state index in [1.54, 1.807) is 19.2 Å². The van der Waals surface area contributed by atoms with Crippen LogP contribution < -0.4 is 5.32 Å². The van der Waals surface area contributed by atoms with Gasteiger partial charge in [-0.2, -0.15) is 0 Å². The highest BCUT2D eigenvalue weighted by molar-refractivity contribution is 7.16. The number of amides is 1. The lowest BCUT2D eigenvalue weighted by molar-refractivity contribution is 0.102. The van der Waals surface area contributed by atoms with E-state index >= 15 is 0 Å². The summed E-state index contributed by atoms with van der Waals surface area (Å²) in [5, 5.41) is 2.92. The SMILES string of the molecule is CC.COC1=CCC=C(c2nc(NC(=O)c3cc(F)cc(F)c3)sc2Cc2ccc(F)cc2)C=C1. The van der Waals surface area contributed by atoms with Gasteiger partial charge in [-0.25, -0.2) is 18.2 Å². The molecule has 2 aromatic carbocycles. The number of carbonyl (C=O) groups is 1. The van der Waals surface area contributed by atoms with Crippen molar-refractivity contribution in [3.63, 3.8) is 0 Å². The summed E-state index contributed by atoms with van der Waals surface area (Å²) in [6.45, 7) is 4.00. The number of anilines is 1. The number of hydrogen-bond donors (Lipinski definition) is 1. The van der Waals surface area contributed by atoms with Crippen LogP contribution in [0.1, 0.15) is 46.8 Å². The van der Waals surface area contributed by atoms with E-state index in [0.717, 1.165) is 33.9 Å². The summed E-state index contributed by atoms with van der Waals surface area (Å²) < 4.78 is 45.7. The third-order valence-electron chi connectivity index (χ3n) is 4.91. The third-order valence-corrected chi connectivity index (χ3v) is 5.88. The van der Waals surface area contributed by atoms with Crippen LogP contribution in [0.2, 0.25) is 0 Å². The number of rotatable bonds is 6. The van der Waals surface area contributed by atoms with Crippen molar-refractivity contribution in [2.75, 3.05) is 12.4 Å². The molecule has 0 aliphatic heterocycles. The van der Waals surface area contributed by atoms with Crippen LogP contribution in [0.4, 0.5) is 18.3 Å². The van der Waals surface area contributed by atoms with Gasteiger partial charge in [-0.3, -0.25) is 10.1 Å². The summed E-state index contributed by atoms with van der Waals surface area (Å²) in [6.07, 6.45) is 8.71. The average Bonchev–Trinajstić information content (AvgIpc) is 3.07. The topological polar surface area (TPSA) is 51.2 Å². The van der Waals surface area contributed by atoms with Gasteiger partial charge >= 0.3 is 0 Å². The zero-order valence-corrected chi connectivity index (χ0v) is 20.4. The van der Waals surface area contributed by atoms with Gasteiger partial charge < -0.3 is 4.74 Å². The fourth-order valence-corrected chi connectivity index (χ4v) is 4.34. The Balaban J connectivity index is 0.00000167. The van der Waals surface area contributed by atoms with Crippen molar-refractivity contribution in [1.82, 2.24) is 4.98 Å². The predicted octanol–water partition coefficient (Wildman–Crippen LogP) is 7.30. The van der Waals surface area contributed by atoms with Gasteiger partial charge in [0.2, 0.25) is 0 Å². The lowest BCUT2D eigenvalue weighted by atomic mass is 10.1. The quantitative estimate of drug-likeness (QED) is 0.388. The zero-order chi connectivity index (χ0) is 25.4. The zero-order valence-electron chi connectivity index (χ0n) is 19.6. The fourth-order valence-electron chi connectivity index (χ4n) is 3.33. The monoisotopic (exact) mass is 498 g/mol. The molecule has 182 valence electrons.